The number of esters is 2. The monoisotopic (exact) mass is 811 g/mol. The van der Waals surface area contributed by atoms with Gasteiger partial charge in [0.25, 0.3) is 0 Å². The Morgan fingerprint density at radius 3 is 2.05 bits per heavy atom. The van der Waals surface area contributed by atoms with Gasteiger partial charge in [0.15, 0.2) is 11.4 Å². The van der Waals surface area contributed by atoms with Gasteiger partial charge in [0.2, 0.25) is 0 Å². The van der Waals surface area contributed by atoms with Crippen LogP contribution in [0.2, 0.25) is 5.02 Å². The predicted octanol–water partition coefficient (Wildman–Crippen LogP) is 9.93. The fourth-order valence-corrected chi connectivity index (χ4v) is 6.80. The molecular formula is C47H51ClFNO8. The molecule has 0 aliphatic heterocycles. The number of aromatic nitrogens is 1. The zero-order valence-corrected chi connectivity index (χ0v) is 34.1. The summed E-state index contributed by atoms with van der Waals surface area (Å²) in [5.74, 6) is -1.13. The normalized spacial score (nSPS) is 12.8. The number of nitrogens with zero attached hydrogens (tertiary/aromatic N) is 1. The molecule has 306 valence electrons. The number of ketones is 1. The average Bonchev–Trinajstić information content (AvgIpc) is 3.53. The van der Waals surface area contributed by atoms with E-state index < -0.39 is 29.7 Å². The SMILES string of the molecule is CC(C)n1c(/C=C/[C@@H](O)C[C@@H](O)CC(=O)OCCCCCCOC(=O)C(C)(C)Oc2ccc(C(=O)c3ccc(Cl)cc3)cc2)c(-c2ccc(F)cc2)c2ccccc21. The van der Waals surface area contributed by atoms with Gasteiger partial charge in [0, 0.05) is 50.8 Å². The number of para-hydroxylation sites is 1. The van der Waals surface area contributed by atoms with Crippen LogP contribution in [0.1, 0.15) is 93.9 Å². The molecule has 5 aromatic rings. The van der Waals surface area contributed by atoms with Crippen LogP contribution in [-0.4, -0.2) is 63.5 Å². The van der Waals surface area contributed by atoms with Crippen LogP contribution in [0.25, 0.3) is 28.1 Å². The zero-order valence-electron chi connectivity index (χ0n) is 33.3. The van der Waals surface area contributed by atoms with Crippen molar-refractivity contribution in [2.24, 2.45) is 0 Å². The highest BCUT2D eigenvalue weighted by Crippen LogP contribution is 2.38. The van der Waals surface area contributed by atoms with Gasteiger partial charge >= 0.3 is 11.9 Å². The number of carbonyl (C=O) groups is 3. The molecule has 0 spiro atoms. The van der Waals surface area contributed by atoms with E-state index in [9.17, 15) is 29.0 Å². The Hall–Kier alpha value is -5.29. The fourth-order valence-electron chi connectivity index (χ4n) is 6.68. The highest BCUT2D eigenvalue weighted by Gasteiger charge is 2.32. The van der Waals surface area contributed by atoms with Crippen molar-refractivity contribution >= 4 is 46.3 Å². The van der Waals surface area contributed by atoms with Crippen molar-refractivity contribution in [3.63, 3.8) is 0 Å². The van der Waals surface area contributed by atoms with E-state index in [4.69, 9.17) is 25.8 Å². The summed E-state index contributed by atoms with van der Waals surface area (Å²) in [4.78, 5) is 37.9. The lowest BCUT2D eigenvalue weighted by molar-refractivity contribution is -0.159. The van der Waals surface area contributed by atoms with Crippen molar-refractivity contribution in [1.29, 1.82) is 0 Å². The number of ether oxygens (including phenoxy) is 3. The predicted molar refractivity (Wildman–Crippen MR) is 224 cm³/mol. The summed E-state index contributed by atoms with van der Waals surface area (Å²) in [5.41, 5.74) is 3.34. The molecule has 0 saturated carbocycles. The van der Waals surface area contributed by atoms with Crippen molar-refractivity contribution < 1.29 is 43.2 Å². The first kappa shape index (κ1) is 43.8. The minimum Gasteiger partial charge on any atom is -0.476 e. The summed E-state index contributed by atoms with van der Waals surface area (Å²) in [6.45, 7) is 7.76. The highest BCUT2D eigenvalue weighted by atomic mass is 35.5. The molecular weight excluding hydrogens is 761 g/mol. The number of unbranched alkanes of at least 4 members (excludes halogenated alkanes) is 3. The lowest BCUT2D eigenvalue weighted by atomic mass is 10.0. The first-order chi connectivity index (χ1) is 27.7. The molecule has 0 radical (unpaired) electrons. The van der Waals surface area contributed by atoms with E-state index in [0.717, 1.165) is 40.6 Å². The lowest BCUT2D eigenvalue weighted by Gasteiger charge is -2.24. The van der Waals surface area contributed by atoms with E-state index in [1.165, 1.54) is 12.1 Å². The van der Waals surface area contributed by atoms with Gasteiger partial charge < -0.3 is 29.0 Å². The Labute approximate surface area is 344 Å². The van der Waals surface area contributed by atoms with Crippen LogP contribution >= 0.6 is 11.6 Å². The quantitative estimate of drug-likeness (QED) is 0.0452. The van der Waals surface area contributed by atoms with E-state index in [2.05, 4.69) is 18.4 Å². The number of aliphatic hydroxyl groups is 2. The molecule has 1 aromatic heterocycles. The molecule has 4 aromatic carbocycles. The maximum absolute atomic E-state index is 13.8. The maximum Gasteiger partial charge on any atom is 0.349 e. The summed E-state index contributed by atoms with van der Waals surface area (Å²) in [6.07, 6.45) is 3.68. The molecule has 0 aliphatic carbocycles. The van der Waals surface area contributed by atoms with Crippen LogP contribution in [-0.2, 0) is 19.1 Å². The Kier molecular flexibility index (Phi) is 15.4. The number of halogens is 2. The Bertz CT molecular complexity index is 2180. The molecule has 9 nitrogen and oxygen atoms in total. The van der Waals surface area contributed by atoms with Crippen molar-refractivity contribution in [2.45, 2.75) is 90.1 Å². The number of benzene rings is 4. The molecule has 0 amide bonds. The topological polar surface area (TPSA) is 124 Å². The summed E-state index contributed by atoms with van der Waals surface area (Å²) in [7, 11) is 0. The number of hydrogen-bond donors (Lipinski definition) is 2. The smallest absolute Gasteiger partial charge is 0.349 e. The Balaban J connectivity index is 0.987. The third kappa shape index (κ3) is 11.9. The zero-order chi connectivity index (χ0) is 41.8. The number of hydrogen-bond acceptors (Lipinski definition) is 8. The largest absolute Gasteiger partial charge is 0.476 e. The van der Waals surface area contributed by atoms with Gasteiger partial charge in [-0.3, -0.25) is 9.59 Å². The average molecular weight is 812 g/mol. The first-order valence-corrected chi connectivity index (χ1v) is 20.0. The van der Waals surface area contributed by atoms with Crippen LogP contribution in [0.15, 0.2) is 103 Å². The second kappa shape index (κ2) is 20.4. The van der Waals surface area contributed by atoms with Crippen molar-refractivity contribution in [2.75, 3.05) is 13.2 Å². The molecule has 0 unspecified atom stereocenters. The molecule has 58 heavy (non-hydrogen) atoms. The minimum absolute atomic E-state index is 0.0572. The third-order valence-corrected chi connectivity index (χ3v) is 9.86. The van der Waals surface area contributed by atoms with Crippen LogP contribution in [0.3, 0.4) is 0 Å². The second-order valence-corrected chi connectivity index (χ2v) is 15.4. The Morgan fingerprint density at radius 2 is 1.41 bits per heavy atom. The van der Waals surface area contributed by atoms with Gasteiger partial charge in [0.05, 0.1) is 31.8 Å². The van der Waals surface area contributed by atoms with Gasteiger partial charge in [-0.05, 0) is 132 Å². The minimum atomic E-state index is -1.25. The second-order valence-electron chi connectivity index (χ2n) is 15.0. The van der Waals surface area contributed by atoms with E-state index in [1.54, 1.807) is 80.6 Å². The molecule has 11 heteroatoms. The van der Waals surface area contributed by atoms with E-state index in [1.807, 2.05) is 30.3 Å². The van der Waals surface area contributed by atoms with Gasteiger partial charge in [-0.1, -0.05) is 48.0 Å². The van der Waals surface area contributed by atoms with E-state index >= 15 is 0 Å². The Morgan fingerprint density at radius 1 is 0.810 bits per heavy atom. The lowest BCUT2D eigenvalue weighted by Crippen LogP contribution is -2.39. The molecule has 2 atom stereocenters. The van der Waals surface area contributed by atoms with Crippen molar-refractivity contribution in [3.05, 3.63) is 131 Å². The van der Waals surface area contributed by atoms with Gasteiger partial charge in [-0.25, -0.2) is 9.18 Å². The van der Waals surface area contributed by atoms with Crippen LogP contribution in [0.4, 0.5) is 4.39 Å². The van der Waals surface area contributed by atoms with Crippen LogP contribution in [0.5, 0.6) is 5.75 Å². The standard InChI is InChI=1S/C47H51ClFNO8/c1-31(2)50-41-12-8-7-11-40(41)44(32-15-21-36(49)22-16-32)42(50)26-23-37(51)29-38(52)30-43(53)56-27-9-5-6-10-28-57-46(55)47(3,4)58-39-24-17-34(18-25-39)45(54)33-13-19-35(48)20-14-33/h7-8,11-26,31,37-38,51-52H,5-6,9-10,27-30H2,1-4H3/b26-23+/t37-,38-/m1/s1. The van der Waals surface area contributed by atoms with Crippen molar-refractivity contribution in [1.82, 2.24) is 4.57 Å². The van der Waals surface area contributed by atoms with Crippen LogP contribution in [0, 0.1) is 5.82 Å². The molecule has 0 aliphatic rings. The summed E-state index contributed by atoms with van der Waals surface area (Å²) >= 11 is 5.92. The van der Waals surface area contributed by atoms with E-state index in [0.29, 0.717) is 34.7 Å². The molecule has 0 bridgehead atoms. The van der Waals surface area contributed by atoms with Gasteiger partial charge in [-0.15, -0.1) is 0 Å². The molecule has 5 rings (SSSR count). The van der Waals surface area contributed by atoms with Crippen LogP contribution < -0.4 is 4.74 Å². The molecule has 1 heterocycles. The summed E-state index contributed by atoms with van der Waals surface area (Å²) in [5, 5.41) is 22.9. The van der Waals surface area contributed by atoms with E-state index in [-0.39, 0.29) is 43.7 Å². The molecule has 2 N–H and O–H groups in total. The summed E-state index contributed by atoms with van der Waals surface area (Å²) < 4.78 is 32.6. The van der Waals surface area contributed by atoms with Gasteiger partial charge in [0.1, 0.15) is 11.6 Å². The number of fused-ring (bicyclic) bond motifs is 1. The summed E-state index contributed by atoms with van der Waals surface area (Å²) in [6, 6.07) is 27.6. The van der Waals surface area contributed by atoms with Gasteiger partial charge in [-0.2, -0.15) is 0 Å². The van der Waals surface area contributed by atoms with Crippen molar-refractivity contribution in [3.8, 4) is 16.9 Å². The molecule has 0 saturated heterocycles. The highest BCUT2D eigenvalue weighted by molar-refractivity contribution is 6.30. The fraction of sp³-hybridized carbons (Fsp3) is 0.340. The first-order valence-electron chi connectivity index (χ1n) is 19.6. The number of rotatable bonds is 20. The third-order valence-electron chi connectivity index (χ3n) is 9.61. The number of carbonyl (C=O) groups excluding carboxylic acids is 3. The number of aliphatic hydroxyl groups excluding tert-OH is 2. The maximum atomic E-state index is 13.8. The molecule has 0 fully saturated rings.